The number of nitrogens with two attached hydrogens (primary N) is 1. The monoisotopic (exact) mass is 386 g/mol. The lowest BCUT2D eigenvalue weighted by molar-refractivity contribution is -0.127. The van der Waals surface area contributed by atoms with Gasteiger partial charge in [-0.05, 0) is 24.0 Å². The first-order chi connectivity index (χ1) is 12.9. The zero-order valence-electron chi connectivity index (χ0n) is 15.3. The van der Waals surface area contributed by atoms with Gasteiger partial charge >= 0.3 is 0 Å². The average Bonchev–Trinajstić information content (AvgIpc) is 3.05. The second-order valence-corrected chi connectivity index (χ2v) is 9.34. The van der Waals surface area contributed by atoms with Gasteiger partial charge in [0.05, 0.1) is 5.75 Å². The van der Waals surface area contributed by atoms with E-state index in [0.29, 0.717) is 25.9 Å². The van der Waals surface area contributed by atoms with Gasteiger partial charge in [-0.25, -0.2) is 8.42 Å². The second-order valence-electron chi connectivity index (χ2n) is 7.16. The predicted molar refractivity (Wildman–Crippen MR) is 107 cm³/mol. The standard InChI is InChI=1S/C21H26N2O3S/c22-20-15-23(14-19(20)18-11-5-2-6-12-18)21(24)16-27(25,26)13-7-10-17-8-3-1-4-9-17/h1-6,8-9,11-12,19-20H,7,10,13-16,22H2/t19-,20+/m0/s1. The van der Waals surface area contributed by atoms with E-state index >= 15 is 0 Å². The molecule has 2 aromatic rings. The van der Waals surface area contributed by atoms with E-state index in [0.717, 1.165) is 11.1 Å². The molecule has 144 valence electrons. The maximum Gasteiger partial charge on any atom is 0.237 e. The highest BCUT2D eigenvalue weighted by atomic mass is 32.2. The van der Waals surface area contributed by atoms with Gasteiger partial charge < -0.3 is 10.6 Å². The fourth-order valence-corrected chi connectivity index (χ4v) is 4.87. The first kappa shape index (κ1) is 19.6. The summed E-state index contributed by atoms with van der Waals surface area (Å²) in [6.45, 7) is 0.876. The molecule has 1 aliphatic rings. The minimum Gasteiger partial charge on any atom is -0.340 e. The van der Waals surface area contributed by atoms with Crippen molar-refractivity contribution in [1.29, 1.82) is 0 Å². The maximum absolute atomic E-state index is 12.5. The van der Waals surface area contributed by atoms with Crippen molar-refractivity contribution in [2.24, 2.45) is 5.73 Å². The molecule has 1 aliphatic heterocycles. The van der Waals surface area contributed by atoms with Crippen LogP contribution in [0, 0.1) is 0 Å². The quantitative estimate of drug-likeness (QED) is 0.789. The van der Waals surface area contributed by atoms with Crippen molar-refractivity contribution < 1.29 is 13.2 Å². The van der Waals surface area contributed by atoms with Gasteiger partial charge in [0.1, 0.15) is 5.75 Å². The summed E-state index contributed by atoms with van der Waals surface area (Å²) in [6.07, 6.45) is 1.21. The summed E-state index contributed by atoms with van der Waals surface area (Å²) in [5.41, 5.74) is 8.40. The number of amides is 1. The second kappa shape index (κ2) is 8.67. The van der Waals surface area contributed by atoms with E-state index in [1.165, 1.54) is 0 Å². The first-order valence-corrected chi connectivity index (χ1v) is 11.1. The molecule has 2 N–H and O–H groups in total. The number of likely N-dealkylation sites (tertiary alicyclic amines) is 1. The smallest absolute Gasteiger partial charge is 0.237 e. The summed E-state index contributed by atoms with van der Waals surface area (Å²) < 4.78 is 24.7. The third-order valence-electron chi connectivity index (χ3n) is 5.05. The molecule has 2 atom stereocenters. The number of nitrogens with zero attached hydrogens (tertiary/aromatic N) is 1. The molecule has 3 rings (SSSR count). The topological polar surface area (TPSA) is 80.5 Å². The summed E-state index contributed by atoms with van der Waals surface area (Å²) in [5, 5.41) is 0. The molecule has 0 radical (unpaired) electrons. The lowest BCUT2D eigenvalue weighted by Crippen LogP contribution is -2.36. The summed E-state index contributed by atoms with van der Waals surface area (Å²) in [7, 11) is -3.42. The average molecular weight is 387 g/mol. The third-order valence-corrected chi connectivity index (χ3v) is 6.65. The number of benzene rings is 2. The van der Waals surface area contributed by atoms with Crippen LogP contribution in [0.4, 0.5) is 0 Å². The molecule has 1 heterocycles. The molecule has 1 saturated heterocycles. The number of sulfone groups is 1. The van der Waals surface area contributed by atoms with Crippen molar-refractivity contribution in [3.8, 4) is 0 Å². The summed E-state index contributed by atoms with van der Waals surface area (Å²) in [5.74, 6) is -0.703. The molecule has 2 aromatic carbocycles. The molecule has 6 heteroatoms. The van der Waals surface area contributed by atoms with Gasteiger partial charge in [0, 0.05) is 25.0 Å². The van der Waals surface area contributed by atoms with Crippen molar-refractivity contribution in [2.75, 3.05) is 24.6 Å². The van der Waals surface area contributed by atoms with Crippen LogP contribution in [0.1, 0.15) is 23.5 Å². The van der Waals surface area contributed by atoms with Crippen LogP contribution in [0.15, 0.2) is 60.7 Å². The molecule has 1 amide bonds. The van der Waals surface area contributed by atoms with E-state index in [1.807, 2.05) is 60.7 Å². The lowest BCUT2D eigenvalue weighted by Gasteiger charge is -2.16. The lowest BCUT2D eigenvalue weighted by atomic mass is 9.95. The zero-order chi connectivity index (χ0) is 19.3. The highest BCUT2D eigenvalue weighted by Crippen LogP contribution is 2.26. The largest absolute Gasteiger partial charge is 0.340 e. The molecular formula is C21H26N2O3S. The molecule has 1 fully saturated rings. The molecule has 0 unspecified atom stereocenters. The van der Waals surface area contributed by atoms with Crippen molar-refractivity contribution >= 4 is 15.7 Å². The van der Waals surface area contributed by atoms with Crippen LogP contribution >= 0.6 is 0 Å². The van der Waals surface area contributed by atoms with Crippen LogP contribution in [0.2, 0.25) is 0 Å². The number of rotatable bonds is 7. The van der Waals surface area contributed by atoms with Gasteiger partial charge in [0.2, 0.25) is 5.91 Å². The molecule has 27 heavy (non-hydrogen) atoms. The highest BCUT2D eigenvalue weighted by molar-refractivity contribution is 7.92. The number of hydrogen-bond donors (Lipinski definition) is 1. The van der Waals surface area contributed by atoms with E-state index < -0.39 is 15.6 Å². The molecular weight excluding hydrogens is 360 g/mol. The minimum atomic E-state index is -3.42. The Bertz CT molecular complexity index is 854. The fraction of sp³-hybridized carbons (Fsp3) is 0.381. The Morgan fingerprint density at radius 2 is 1.63 bits per heavy atom. The molecule has 0 bridgehead atoms. The van der Waals surface area contributed by atoms with Gasteiger partial charge in [-0.1, -0.05) is 60.7 Å². The minimum absolute atomic E-state index is 0.0235. The van der Waals surface area contributed by atoms with Gasteiger partial charge in [-0.15, -0.1) is 0 Å². The van der Waals surface area contributed by atoms with Crippen molar-refractivity contribution in [3.05, 3.63) is 71.8 Å². The van der Waals surface area contributed by atoms with Crippen LogP contribution in [-0.4, -0.2) is 49.9 Å². The van der Waals surface area contributed by atoms with E-state index in [1.54, 1.807) is 4.90 Å². The fourth-order valence-electron chi connectivity index (χ4n) is 3.58. The normalized spacial score (nSPS) is 20.0. The Morgan fingerprint density at radius 3 is 2.30 bits per heavy atom. The first-order valence-electron chi connectivity index (χ1n) is 9.27. The maximum atomic E-state index is 12.5. The van der Waals surface area contributed by atoms with E-state index in [-0.39, 0.29) is 23.6 Å². The Morgan fingerprint density at radius 1 is 1.00 bits per heavy atom. The van der Waals surface area contributed by atoms with Gasteiger partial charge in [-0.2, -0.15) is 0 Å². The molecule has 0 saturated carbocycles. The highest BCUT2D eigenvalue weighted by Gasteiger charge is 2.35. The van der Waals surface area contributed by atoms with Crippen LogP contribution in [-0.2, 0) is 21.1 Å². The SMILES string of the molecule is N[C@@H]1CN(C(=O)CS(=O)(=O)CCCc2ccccc2)C[C@H]1c1ccccc1. The molecule has 0 aliphatic carbocycles. The van der Waals surface area contributed by atoms with Gasteiger partial charge in [0.15, 0.2) is 9.84 Å². The Labute approximate surface area is 161 Å². The van der Waals surface area contributed by atoms with Crippen LogP contribution in [0.3, 0.4) is 0 Å². The van der Waals surface area contributed by atoms with Crippen LogP contribution < -0.4 is 5.73 Å². The summed E-state index contributed by atoms with van der Waals surface area (Å²) in [6, 6.07) is 19.4. The van der Waals surface area contributed by atoms with Crippen LogP contribution in [0.5, 0.6) is 0 Å². The Balaban J connectivity index is 1.52. The number of carbonyl (C=O) groups excluding carboxylic acids is 1. The van der Waals surface area contributed by atoms with E-state index in [9.17, 15) is 13.2 Å². The molecule has 0 spiro atoms. The van der Waals surface area contributed by atoms with Crippen molar-refractivity contribution in [3.63, 3.8) is 0 Å². The molecule has 5 nitrogen and oxygen atoms in total. The predicted octanol–water partition coefficient (Wildman–Crippen LogP) is 1.99. The van der Waals surface area contributed by atoms with E-state index in [2.05, 4.69) is 0 Å². The Kier molecular flexibility index (Phi) is 6.29. The number of aryl methyl sites for hydroxylation is 1. The summed E-state index contributed by atoms with van der Waals surface area (Å²) in [4.78, 5) is 14.1. The molecule has 0 aromatic heterocycles. The number of hydrogen-bond acceptors (Lipinski definition) is 4. The number of carbonyl (C=O) groups is 1. The van der Waals surface area contributed by atoms with Gasteiger partial charge in [0.25, 0.3) is 0 Å². The van der Waals surface area contributed by atoms with Crippen LogP contribution in [0.25, 0.3) is 0 Å². The zero-order valence-corrected chi connectivity index (χ0v) is 16.1. The van der Waals surface area contributed by atoms with Gasteiger partial charge in [-0.3, -0.25) is 4.79 Å². The van der Waals surface area contributed by atoms with Crippen molar-refractivity contribution in [2.45, 2.75) is 24.8 Å². The third kappa shape index (κ3) is 5.40. The van der Waals surface area contributed by atoms with Crippen molar-refractivity contribution in [1.82, 2.24) is 4.90 Å². The van der Waals surface area contributed by atoms with E-state index in [4.69, 9.17) is 5.73 Å². The Hall–Kier alpha value is -2.18. The summed E-state index contributed by atoms with van der Waals surface area (Å²) >= 11 is 0.